The van der Waals surface area contributed by atoms with Crippen LogP contribution in [0, 0.1) is 12.5 Å². The molecule has 11 heteroatoms. The molecule has 1 amide bonds. The largest absolute Gasteiger partial charge is 0.453 e. The van der Waals surface area contributed by atoms with Crippen LogP contribution in [0.15, 0.2) is 71.1 Å². The number of hydrogen-bond donors (Lipinski definition) is 3. The Balaban J connectivity index is 1.45. The molecule has 3 N–H and O–H groups in total. The van der Waals surface area contributed by atoms with Gasteiger partial charge in [0.05, 0.1) is 19.3 Å². The van der Waals surface area contributed by atoms with Gasteiger partial charge in [0.25, 0.3) is 0 Å². The highest BCUT2D eigenvalue weighted by Gasteiger charge is 2.16. The van der Waals surface area contributed by atoms with Crippen LogP contribution < -0.4 is 10.2 Å². The Morgan fingerprint density at radius 1 is 1.32 bits per heavy atom. The van der Waals surface area contributed by atoms with Gasteiger partial charge in [-0.05, 0) is 48.9 Å². The maximum absolute atomic E-state index is 11.4. The average molecular weight is 519 g/mol. The molecule has 0 atom stereocenters. The topological polar surface area (TPSA) is 122 Å². The van der Waals surface area contributed by atoms with E-state index in [1.165, 1.54) is 13.4 Å². The first-order valence-electron chi connectivity index (χ1n) is 11.4. The molecule has 10 nitrogen and oxygen atoms in total. The number of ether oxygens (including phenoxy) is 1. The van der Waals surface area contributed by atoms with E-state index < -0.39 is 6.09 Å². The number of nitrogens with one attached hydrogen (secondary N) is 3. The number of carbonyl (C=O) groups is 1. The zero-order valence-corrected chi connectivity index (χ0v) is 21.5. The van der Waals surface area contributed by atoms with Crippen molar-refractivity contribution in [3.8, 4) is 11.3 Å². The van der Waals surface area contributed by atoms with E-state index in [-0.39, 0.29) is 0 Å². The van der Waals surface area contributed by atoms with Crippen molar-refractivity contribution in [3.05, 3.63) is 82.9 Å². The molecule has 0 aliphatic carbocycles. The van der Waals surface area contributed by atoms with Crippen molar-refractivity contribution in [3.63, 3.8) is 0 Å². The summed E-state index contributed by atoms with van der Waals surface area (Å²) >= 11 is 6.29. The fourth-order valence-electron chi connectivity index (χ4n) is 4.01. The van der Waals surface area contributed by atoms with Gasteiger partial charge < -0.3 is 19.5 Å². The number of amides is 1. The molecule has 4 rings (SSSR count). The number of aromatic nitrogens is 2. The lowest BCUT2D eigenvalue weighted by Gasteiger charge is -2.24. The Bertz CT molecular complexity index is 1380. The maximum atomic E-state index is 11.4. The number of hydrogen-bond acceptors (Lipinski definition) is 6. The van der Waals surface area contributed by atoms with E-state index in [0.717, 1.165) is 39.6 Å². The van der Waals surface area contributed by atoms with Crippen LogP contribution >= 0.6 is 11.6 Å². The summed E-state index contributed by atoms with van der Waals surface area (Å²) in [6.07, 6.45) is 7.20. The highest BCUT2D eigenvalue weighted by molar-refractivity contribution is 6.31. The number of aryl methyl sites for hydroxylation is 1. The number of nitrogens with zero attached hydrogens (tertiary/aromatic N) is 5. The van der Waals surface area contributed by atoms with Gasteiger partial charge in [-0.1, -0.05) is 35.0 Å². The Labute approximate surface area is 219 Å². The second-order valence-corrected chi connectivity index (χ2v) is 8.80. The molecule has 1 aliphatic heterocycles. The minimum atomic E-state index is -0.509. The summed E-state index contributed by atoms with van der Waals surface area (Å²) in [5.41, 5.74) is 13.2. The molecule has 2 heterocycles. The summed E-state index contributed by atoms with van der Waals surface area (Å²) in [5, 5.41) is 9.97. The minimum Gasteiger partial charge on any atom is -0.453 e. The monoisotopic (exact) mass is 518 g/mol. The van der Waals surface area contributed by atoms with E-state index in [4.69, 9.17) is 22.1 Å². The van der Waals surface area contributed by atoms with Crippen LogP contribution in [0.3, 0.4) is 0 Å². The third kappa shape index (κ3) is 6.22. The molecule has 0 saturated heterocycles. The fourth-order valence-corrected chi connectivity index (χ4v) is 4.18. The van der Waals surface area contributed by atoms with Crippen LogP contribution in [-0.4, -0.2) is 48.0 Å². The second-order valence-electron chi connectivity index (χ2n) is 8.36. The molecule has 0 bridgehead atoms. The van der Waals surface area contributed by atoms with Crippen molar-refractivity contribution in [2.45, 2.75) is 13.5 Å². The van der Waals surface area contributed by atoms with Crippen LogP contribution in [0.1, 0.15) is 17.1 Å². The molecule has 1 aliphatic rings. The fraction of sp³-hybridized carbons (Fsp3) is 0.192. The van der Waals surface area contributed by atoms with Gasteiger partial charge >= 0.3 is 6.09 Å². The SMILES string of the molecule is COC(=O)Nc1ccc(-c2nc(CN3C=CC(c4cc(Cl)ccc4N(C)/C=N\N=N)=CC3)[nH]c2C)cc1. The van der Waals surface area contributed by atoms with Gasteiger partial charge in [0, 0.05) is 53.0 Å². The van der Waals surface area contributed by atoms with Gasteiger partial charge in [0.15, 0.2) is 0 Å². The number of H-pyrrole nitrogens is 1. The van der Waals surface area contributed by atoms with Gasteiger partial charge in [0.1, 0.15) is 12.2 Å². The Kier molecular flexibility index (Phi) is 7.99. The normalized spacial score (nSPS) is 13.0. The maximum Gasteiger partial charge on any atom is 0.411 e. The van der Waals surface area contributed by atoms with Crippen molar-refractivity contribution >= 4 is 41.0 Å². The van der Waals surface area contributed by atoms with E-state index in [1.54, 1.807) is 4.90 Å². The van der Waals surface area contributed by atoms with E-state index in [2.05, 4.69) is 36.3 Å². The quantitative estimate of drug-likeness (QED) is 0.145. The number of benzene rings is 2. The number of rotatable bonds is 8. The van der Waals surface area contributed by atoms with Crippen molar-refractivity contribution in [2.24, 2.45) is 10.3 Å². The molecule has 2 aromatic carbocycles. The summed E-state index contributed by atoms with van der Waals surface area (Å²) in [4.78, 5) is 23.5. The molecule has 0 saturated carbocycles. The van der Waals surface area contributed by atoms with E-state index >= 15 is 0 Å². The highest BCUT2D eigenvalue weighted by Crippen LogP contribution is 2.32. The summed E-state index contributed by atoms with van der Waals surface area (Å²) in [7, 11) is 3.18. The molecule has 0 unspecified atom stereocenters. The Morgan fingerprint density at radius 3 is 2.78 bits per heavy atom. The molecule has 190 valence electrons. The van der Waals surface area contributed by atoms with Gasteiger partial charge in [-0.2, -0.15) is 5.53 Å². The molecular weight excluding hydrogens is 492 g/mol. The number of halogens is 1. The number of anilines is 2. The van der Waals surface area contributed by atoms with Crippen LogP contribution in [0.4, 0.5) is 16.2 Å². The number of allylic oxidation sites excluding steroid dienone is 2. The van der Waals surface area contributed by atoms with E-state index in [1.807, 2.05) is 68.7 Å². The lowest BCUT2D eigenvalue weighted by Crippen LogP contribution is -2.21. The van der Waals surface area contributed by atoms with E-state index in [0.29, 0.717) is 23.8 Å². The standard InChI is InChI=1S/C26H27ClN8O2/c1-17-25(19-4-7-21(8-5-19)31-26(36)37-3)32-24(30-17)15-35-12-10-18(11-13-35)22-14-20(27)6-9-23(22)34(2)16-29-33-28/h4-12,14,16,28H,13,15H2,1-3H3,(H,30,32)(H,31,36)/b29-16-,33-28?. The first-order chi connectivity index (χ1) is 17.9. The van der Waals surface area contributed by atoms with Gasteiger partial charge in [0.2, 0.25) is 0 Å². The van der Waals surface area contributed by atoms with Gasteiger partial charge in [-0.15, -0.1) is 5.10 Å². The predicted molar refractivity (Wildman–Crippen MR) is 146 cm³/mol. The zero-order chi connectivity index (χ0) is 26.4. The lowest BCUT2D eigenvalue weighted by molar-refractivity contribution is 0.187. The molecule has 1 aromatic heterocycles. The van der Waals surface area contributed by atoms with Gasteiger partial charge in [-0.25, -0.2) is 9.78 Å². The number of aromatic amines is 1. The first kappa shape index (κ1) is 25.6. The van der Waals surface area contributed by atoms with Crippen molar-refractivity contribution in [1.29, 1.82) is 5.53 Å². The van der Waals surface area contributed by atoms with Crippen LogP contribution in [0.5, 0.6) is 0 Å². The van der Waals surface area contributed by atoms with Crippen molar-refractivity contribution in [2.75, 3.05) is 30.9 Å². The van der Waals surface area contributed by atoms with E-state index in [9.17, 15) is 4.79 Å². The van der Waals surface area contributed by atoms with Crippen LogP contribution in [-0.2, 0) is 11.3 Å². The van der Waals surface area contributed by atoms with Crippen LogP contribution in [0.25, 0.3) is 16.8 Å². The molecule has 0 radical (unpaired) electrons. The molecule has 0 spiro atoms. The summed E-state index contributed by atoms with van der Waals surface area (Å²) < 4.78 is 4.63. The predicted octanol–water partition coefficient (Wildman–Crippen LogP) is 6.04. The molecule has 0 fully saturated rings. The Hall–Kier alpha value is -4.44. The molecule has 3 aromatic rings. The lowest BCUT2D eigenvalue weighted by atomic mass is 10.0. The third-order valence-electron chi connectivity index (χ3n) is 5.82. The Morgan fingerprint density at radius 2 is 2.11 bits per heavy atom. The number of imidazole rings is 1. The highest BCUT2D eigenvalue weighted by atomic mass is 35.5. The van der Waals surface area contributed by atoms with Crippen molar-refractivity contribution < 1.29 is 9.53 Å². The first-order valence-corrected chi connectivity index (χ1v) is 11.8. The minimum absolute atomic E-state index is 0.509. The summed E-state index contributed by atoms with van der Waals surface area (Å²) in [5.74, 6) is 0.851. The summed E-state index contributed by atoms with van der Waals surface area (Å²) in [6.45, 7) is 3.30. The number of methoxy groups -OCH3 is 1. The van der Waals surface area contributed by atoms with Gasteiger partial charge in [-0.3, -0.25) is 5.32 Å². The average Bonchev–Trinajstić information content (AvgIpc) is 3.27. The van der Waals surface area contributed by atoms with Crippen LogP contribution in [0.2, 0.25) is 5.02 Å². The number of carbonyl (C=O) groups excluding carboxylic acids is 1. The van der Waals surface area contributed by atoms with Crippen molar-refractivity contribution in [1.82, 2.24) is 14.9 Å². The summed E-state index contributed by atoms with van der Waals surface area (Å²) in [6, 6.07) is 13.1. The smallest absolute Gasteiger partial charge is 0.411 e. The third-order valence-corrected chi connectivity index (χ3v) is 6.05. The zero-order valence-electron chi connectivity index (χ0n) is 20.7. The molecular formula is C26H27ClN8O2. The molecule has 37 heavy (non-hydrogen) atoms. The second kappa shape index (κ2) is 11.5.